The Bertz CT molecular complexity index is 775. The standard InChI is InChI=1S/C12H11F2N3O2/c1-6-15-8-4-9(18)17(5-7(8)10(19)16-6)12(2-3-12)11(13)14/h4-5,11H,2-3H2,1H3,(H,15,16,19). The topological polar surface area (TPSA) is 67.8 Å². The molecule has 2 aromatic heterocycles. The Labute approximate surface area is 105 Å². The molecular formula is C12H11F2N3O2. The molecular weight excluding hydrogens is 256 g/mol. The van der Waals surface area contributed by atoms with Crippen LogP contribution in [0.5, 0.6) is 0 Å². The fourth-order valence-electron chi connectivity index (χ4n) is 2.27. The molecule has 0 spiro atoms. The van der Waals surface area contributed by atoms with Crippen molar-refractivity contribution in [2.75, 3.05) is 0 Å². The number of hydrogen-bond acceptors (Lipinski definition) is 3. The van der Waals surface area contributed by atoms with Crippen LogP contribution in [0.3, 0.4) is 0 Å². The molecule has 2 heterocycles. The predicted molar refractivity (Wildman–Crippen MR) is 64.6 cm³/mol. The van der Waals surface area contributed by atoms with Crippen LogP contribution in [-0.4, -0.2) is 21.0 Å². The first-order chi connectivity index (χ1) is 8.94. The van der Waals surface area contributed by atoms with Gasteiger partial charge in [-0.3, -0.25) is 9.59 Å². The number of aryl methyl sites for hydroxylation is 1. The Morgan fingerprint density at radius 1 is 1.42 bits per heavy atom. The van der Waals surface area contributed by atoms with E-state index >= 15 is 0 Å². The number of H-pyrrole nitrogens is 1. The van der Waals surface area contributed by atoms with Crippen molar-refractivity contribution in [1.82, 2.24) is 14.5 Å². The molecule has 0 radical (unpaired) electrons. The lowest BCUT2D eigenvalue weighted by Crippen LogP contribution is -2.35. The van der Waals surface area contributed by atoms with Crippen molar-refractivity contribution in [3.8, 4) is 0 Å². The maximum absolute atomic E-state index is 13.0. The van der Waals surface area contributed by atoms with Crippen LogP contribution in [0.15, 0.2) is 21.9 Å². The maximum Gasteiger partial charge on any atom is 0.261 e. The molecule has 5 nitrogen and oxygen atoms in total. The van der Waals surface area contributed by atoms with Gasteiger partial charge in [-0.2, -0.15) is 0 Å². The van der Waals surface area contributed by atoms with Gasteiger partial charge in [0.05, 0.1) is 10.9 Å². The lowest BCUT2D eigenvalue weighted by molar-refractivity contribution is 0.0654. The van der Waals surface area contributed by atoms with Gasteiger partial charge >= 0.3 is 0 Å². The van der Waals surface area contributed by atoms with E-state index in [-0.39, 0.29) is 23.7 Å². The number of fused-ring (bicyclic) bond motifs is 1. The number of nitrogens with one attached hydrogen (secondary N) is 1. The minimum absolute atomic E-state index is 0.150. The lowest BCUT2D eigenvalue weighted by Gasteiger charge is -2.17. The predicted octanol–water partition coefficient (Wildman–Crippen LogP) is 1.15. The highest BCUT2D eigenvalue weighted by atomic mass is 19.3. The molecule has 100 valence electrons. The summed E-state index contributed by atoms with van der Waals surface area (Å²) >= 11 is 0. The number of aromatic nitrogens is 3. The van der Waals surface area contributed by atoms with Gasteiger partial charge in [-0.25, -0.2) is 13.8 Å². The number of halogens is 2. The monoisotopic (exact) mass is 267 g/mol. The molecule has 2 aromatic rings. The van der Waals surface area contributed by atoms with E-state index in [1.807, 2.05) is 0 Å². The normalized spacial score (nSPS) is 17.1. The van der Waals surface area contributed by atoms with Crippen LogP contribution in [0.25, 0.3) is 10.9 Å². The Balaban J connectivity index is 2.32. The third-order valence-corrected chi connectivity index (χ3v) is 3.51. The second kappa shape index (κ2) is 3.72. The van der Waals surface area contributed by atoms with Gasteiger partial charge in [0.1, 0.15) is 11.4 Å². The molecule has 0 unspecified atom stereocenters. The van der Waals surface area contributed by atoms with E-state index in [1.54, 1.807) is 6.92 Å². The zero-order chi connectivity index (χ0) is 13.8. The summed E-state index contributed by atoms with van der Waals surface area (Å²) in [4.78, 5) is 30.2. The molecule has 1 aliphatic carbocycles. The Kier molecular flexibility index (Phi) is 2.35. The highest BCUT2D eigenvalue weighted by Gasteiger charge is 2.53. The van der Waals surface area contributed by atoms with Gasteiger partial charge in [-0.15, -0.1) is 0 Å². The van der Waals surface area contributed by atoms with Gasteiger partial charge in [0, 0.05) is 12.3 Å². The van der Waals surface area contributed by atoms with Crippen molar-refractivity contribution in [3.63, 3.8) is 0 Å². The van der Waals surface area contributed by atoms with Crippen LogP contribution in [-0.2, 0) is 5.54 Å². The maximum atomic E-state index is 13.0. The average Bonchev–Trinajstić information content (AvgIpc) is 3.08. The van der Waals surface area contributed by atoms with Crippen molar-refractivity contribution < 1.29 is 8.78 Å². The van der Waals surface area contributed by atoms with Crippen LogP contribution in [0.2, 0.25) is 0 Å². The van der Waals surface area contributed by atoms with Gasteiger partial charge in [0.2, 0.25) is 0 Å². The van der Waals surface area contributed by atoms with E-state index in [0.717, 1.165) is 10.6 Å². The second-order valence-electron chi connectivity index (χ2n) is 4.84. The Morgan fingerprint density at radius 3 is 2.68 bits per heavy atom. The smallest absolute Gasteiger partial charge is 0.261 e. The Morgan fingerprint density at radius 2 is 2.11 bits per heavy atom. The third kappa shape index (κ3) is 1.68. The van der Waals surface area contributed by atoms with Crippen LogP contribution in [0, 0.1) is 6.92 Å². The number of pyridine rings is 1. The molecule has 19 heavy (non-hydrogen) atoms. The second-order valence-corrected chi connectivity index (χ2v) is 4.84. The first kappa shape index (κ1) is 12.0. The summed E-state index contributed by atoms with van der Waals surface area (Å²) in [5.74, 6) is 0.379. The van der Waals surface area contributed by atoms with Gasteiger partial charge in [0.15, 0.2) is 0 Å². The average molecular weight is 267 g/mol. The minimum atomic E-state index is -2.62. The first-order valence-electron chi connectivity index (χ1n) is 5.86. The van der Waals surface area contributed by atoms with Crippen molar-refractivity contribution in [1.29, 1.82) is 0 Å². The molecule has 1 saturated carbocycles. The fourth-order valence-corrected chi connectivity index (χ4v) is 2.27. The summed E-state index contributed by atoms with van der Waals surface area (Å²) in [6, 6.07) is 1.14. The van der Waals surface area contributed by atoms with Gasteiger partial charge < -0.3 is 9.55 Å². The molecule has 0 bridgehead atoms. The van der Waals surface area contributed by atoms with Crippen LogP contribution in [0.4, 0.5) is 8.78 Å². The molecule has 7 heteroatoms. The summed E-state index contributed by atoms with van der Waals surface area (Å²) in [6.45, 7) is 1.59. The first-order valence-corrected chi connectivity index (χ1v) is 5.86. The molecule has 3 rings (SSSR count). The van der Waals surface area contributed by atoms with Crippen molar-refractivity contribution in [2.45, 2.75) is 31.7 Å². The molecule has 1 N–H and O–H groups in total. The van der Waals surface area contributed by atoms with Crippen molar-refractivity contribution in [3.05, 3.63) is 38.8 Å². The lowest BCUT2D eigenvalue weighted by atomic mass is 10.2. The summed E-state index contributed by atoms with van der Waals surface area (Å²) in [5.41, 5.74) is -2.19. The van der Waals surface area contributed by atoms with Crippen molar-refractivity contribution in [2.24, 2.45) is 0 Å². The van der Waals surface area contributed by atoms with Crippen LogP contribution in [0.1, 0.15) is 18.7 Å². The van der Waals surface area contributed by atoms with Crippen LogP contribution >= 0.6 is 0 Å². The molecule has 0 saturated heterocycles. The number of aromatic amines is 1. The largest absolute Gasteiger partial charge is 0.310 e. The van der Waals surface area contributed by atoms with Gasteiger partial charge in [-0.1, -0.05) is 0 Å². The summed E-state index contributed by atoms with van der Waals surface area (Å²) in [6.07, 6.45) is -0.942. The number of alkyl halides is 2. The fraction of sp³-hybridized carbons (Fsp3) is 0.417. The molecule has 1 aliphatic rings. The zero-order valence-electron chi connectivity index (χ0n) is 10.1. The number of rotatable bonds is 2. The number of hydrogen-bond donors (Lipinski definition) is 1. The highest BCUT2D eigenvalue weighted by Crippen LogP contribution is 2.47. The molecule has 0 amide bonds. The highest BCUT2D eigenvalue weighted by molar-refractivity contribution is 5.76. The Hall–Kier alpha value is -2.05. The van der Waals surface area contributed by atoms with E-state index in [2.05, 4.69) is 9.97 Å². The molecule has 0 aromatic carbocycles. The van der Waals surface area contributed by atoms with E-state index in [0.29, 0.717) is 5.82 Å². The minimum Gasteiger partial charge on any atom is -0.310 e. The SMILES string of the molecule is Cc1nc2cc(=O)n(C3(C(F)F)CC3)cc2c(=O)[nH]1. The van der Waals surface area contributed by atoms with Crippen molar-refractivity contribution >= 4 is 10.9 Å². The summed E-state index contributed by atoms with van der Waals surface area (Å²) in [7, 11) is 0. The van der Waals surface area contributed by atoms with Gasteiger partial charge in [0.25, 0.3) is 17.5 Å². The van der Waals surface area contributed by atoms with E-state index in [4.69, 9.17) is 0 Å². The van der Waals surface area contributed by atoms with Gasteiger partial charge in [-0.05, 0) is 19.8 Å². The quantitative estimate of drug-likeness (QED) is 0.887. The molecule has 0 atom stereocenters. The third-order valence-electron chi connectivity index (χ3n) is 3.51. The summed E-state index contributed by atoms with van der Waals surface area (Å²) < 4.78 is 27.1. The molecule has 0 aliphatic heterocycles. The van der Waals surface area contributed by atoms with E-state index < -0.39 is 23.1 Å². The van der Waals surface area contributed by atoms with E-state index in [9.17, 15) is 18.4 Å². The van der Waals surface area contributed by atoms with E-state index in [1.165, 1.54) is 6.20 Å². The zero-order valence-corrected chi connectivity index (χ0v) is 10.1. The molecule has 1 fully saturated rings. The number of nitrogens with zero attached hydrogens (tertiary/aromatic N) is 2. The van der Waals surface area contributed by atoms with Crippen LogP contribution < -0.4 is 11.1 Å². The summed E-state index contributed by atoms with van der Waals surface area (Å²) in [5, 5.41) is 0.150.